The van der Waals surface area contributed by atoms with E-state index in [9.17, 15) is 9.59 Å². The third-order valence-corrected chi connectivity index (χ3v) is 4.27. The number of aromatic nitrogens is 2. The Bertz CT molecular complexity index is 868. The number of carboxylic acids is 1. The molecule has 0 saturated carbocycles. The molecule has 5 nitrogen and oxygen atoms in total. The van der Waals surface area contributed by atoms with Crippen LogP contribution in [0.2, 0.25) is 0 Å². The molecule has 0 radical (unpaired) electrons. The summed E-state index contributed by atoms with van der Waals surface area (Å²) < 4.78 is 1.16. The highest BCUT2D eigenvalue weighted by atomic mass is 32.1. The summed E-state index contributed by atoms with van der Waals surface area (Å²) in [6.45, 7) is 1.46. The first-order valence-corrected chi connectivity index (χ1v) is 7.24. The lowest BCUT2D eigenvalue weighted by Gasteiger charge is -2.10. The third kappa shape index (κ3) is 2.23. The molecule has 1 atom stereocenters. The highest BCUT2D eigenvalue weighted by Gasteiger charge is 2.19. The average Bonchev–Trinajstić information content (AvgIpc) is 2.92. The van der Waals surface area contributed by atoms with Gasteiger partial charge in [-0.15, -0.1) is 11.3 Å². The van der Waals surface area contributed by atoms with Crippen molar-refractivity contribution in [2.24, 2.45) is 0 Å². The predicted octanol–water partition coefficient (Wildman–Crippen LogP) is 2.77. The lowest BCUT2D eigenvalue weighted by Crippen LogP contribution is -2.28. The maximum atomic E-state index is 12.6. The minimum absolute atomic E-state index is 0.324. The van der Waals surface area contributed by atoms with Gasteiger partial charge in [-0.3, -0.25) is 9.36 Å². The number of rotatable bonds is 3. The summed E-state index contributed by atoms with van der Waals surface area (Å²) in [5.41, 5.74) is 1.39. The van der Waals surface area contributed by atoms with E-state index in [2.05, 4.69) is 4.98 Å². The molecule has 0 amide bonds. The summed E-state index contributed by atoms with van der Waals surface area (Å²) in [4.78, 5) is 28.5. The van der Waals surface area contributed by atoms with E-state index in [0.717, 1.165) is 15.7 Å². The molecule has 0 saturated heterocycles. The largest absolute Gasteiger partial charge is 0.480 e. The smallest absolute Gasteiger partial charge is 0.326 e. The fourth-order valence-corrected chi connectivity index (χ4v) is 3.08. The van der Waals surface area contributed by atoms with E-state index in [1.165, 1.54) is 24.6 Å². The van der Waals surface area contributed by atoms with Crippen molar-refractivity contribution in [2.45, 2.75) is 13.0 Å². The second kappa shape index (κ2) is 5.14. The van der Waals surface area contributed by atoms with Gasteiger partial charge in [0.25, 0.3) is 5.56 Å². The first kappa shape index (κ1) is 13.5. The van der Waals surface area contributed by atoms with Gasteiger partial charge < -0.3 is 5.11 Å². The molecule has 0 unspecified atom stereocenters. The van der Waals surface area contributed by atoms with E-state index in [1.807, 2.05) is 35.7 Å². The van der Waals surface area contributed by atoms with Gasteiger partial charge in [0.05, 0.1) is 11.7 Å². The molecule has 0 aliphatic carbocycles. The van der Waals surface area contributed by atoms with Crippen molar-refractivity contribution in [2.75, 3.05) is 0 Å². The summed E-state index contributed by atoms with van der Waals surface area (Å²) in [6.07, 6.45) is 1.30. The monoisotopic (exact) mass is 300 g/mol. The Balaban J connectivity index is 2.28. The fraction of sp³-hybridized carbons (Fsp3) is 0.133. The van der Waals surface area contributed by atoms with Crippen LogP contribution in [0.15, 0.2) is 46.8 Å². The zero-order valence-electron chi connectivity index (χ0n) is 11.2. The molecule has 0 aliphatic heterocycles. The van der Waals surface area contributed by atoms with Crippen LogP contribution in [0.5, 0.6) is 0 Å². The Morgan fingerprint density at radius 3 is 2.71 bits per heavy atom. The van der Waals surface area contributed by atoms with E-state index in [1.54, 1.807) is 0 Å². The number of hydrogen-bond donors (Lipinski definition) is 1. The molecule has 0 fully saturated rings. The van der Waals surface area contributed by atoms with Gasteiger partial charge in [0.2, 0.25) is 0 Å². The zero-order chi connectivity index (χ0) is 15.0. The van der Waals surface area contributed by atoms with Crippen LogP contribution in [-0.2, 0) is 4.79 Å². The second-order valence-electron chi connectivity index (χ2n) is 4.67. The quantitative estimate of drug-likeness (QED) is 0.807. The SMILES string of the molecule is C[C@H](C(=O)O)n1cnc2scc(-c3ccccc3)c2c1=O. The number of nitrogens with zero attached hydrogens (tertiary/aromatic N) is 2. The Hall–Kier alpha value is -2.47. The second-order valence-corrected chi connectivity index (χ2v) is 5.52. The summed E-state index contributed by atoms with van der Waals surface area (Å²) in [6, 6.07) is 8.58. The van der Waals surface area contributed by atoms with Crippen LogP contribution in [0.3, 0.4) is 0 Å². The van der Waals surface area contributed by atoms with Crippen molar-refractivity contribution >= 4 is 27.5 Å². The number of aliphatic carboxylic acids is 1. The van der Waals surface area contributed by atoms with Crippen molar-refractivity contribution in [3.05, 3.63) is 52.4 Å². The van der Waals surface area contributed by atoms with Crippen LogP contribution in [0.1, 0.15) is 13.0 Å². The average molecular weight is 300 g/mol. The number of carboxylic acid groups (broad SMARTS) is 1. The number of carbonyl (C=O) groups is 1. The zero-order valence-corrected chi connectivity index (χ0v) is 12.0. The topological polar surface area (TPSA) is 72.2 Å². The Morgan fingerprint density at radius 2 is 2.05 bits per heavy atom. The number of fused-ring (bicyclic) bond motifs is 1. The highest BCUT2D eigenvalue weighted by Crippen LogP contribution is 2.30. The summed E-state index contributed by atoms with van der Waals surface area (Å²) in [7, 11) is 0. The van der Waals surface area contributed by atoms with Crippen molar-refractivity contribution < 1.29 is 9.90 Å². The van der Waals surface area contributed by atoms with Gasteiger partial charge in [0.15, 0.2) is 0 Å². The van der Waals surface area contributed by atoms with E-state index in [0.29, 0.717) is 10.2 Å². The third-order valence-electron chi connectivity index (χ3n) is 3.38. The molecule has 0 bridgehead atoms. The molecular formula is C15H12N2O3S. The normalized spacial score (nSPS) is 12.4. The van der Waals surface area contributed by atoms with Crippen LogP contribution >= 0.6 is 11.3 Å². The predicted molar refractivity (Wildman–Crippen MR) is 81.7 cm³/mol. The molecule has 21 heavy (non-hydrogen) atoms. The molecule has 0 spiro atoms. The van der Waals surface area contributed by atoms with Crippen LogP contribution in [0, 0.1) is 0 Å². The van der Waals surface area contributed by atoms with Gasteiger partial charge in [-0.1, -0.05) is 30.3 Å². The lowest BCUT2D eigenvalue weighted by atomic mass is 10.1. The van der Waals surface area contributed by atoms with Crippen molar-refractivity contribution in [3.8, 4) is 11.1 Å². The summed E-state index contributed by atoms with van der Waals surface area (Å²) in [5.74, 6) is -1.06. The van der Waals surface area contributed by atoms with E-state index in [4.69, 9.17) is 5.11 Å². The van der Waals surface area contributed by atoms with Gasteiger partial charge in [-0.05, 0) is 12.5 Å². The van der Waals surface area contributed by atoms with Crippen molar-refractivity contribution in [3.63, 3.8) is 0 Å². The van der Waals surface area contributed by atoms with Gasteiger partial charge in [0, 0.05) is 10.9 Å². The minimum Gasteiger partial charge on any atom is -0.480 e. The first-order valence-electron chi connectivity index (χ1n) is 6.36. The summed E-state index contributed by atoms with van der Waals surface area (Å²) in [5, 5.41) is 11.4. The number of benzene rings is 1. The van der Waals surface area contributed by atoms with Gasteiger partial charge in [-0.25, -0.2) is 9.78 Å². The van der Waals surface area contributed by atoms with Crippen molar-refractivity contribution in [1.82, 2.24) is 9.55 Å². The molecule has 1 aromatic carbocycles. The molecule has 2 aromatic heterocycles. The van der Waals surface area contributed by atoms with Crippen LogP contribution in [-0.4, -0.2) is 20.6 Å². The van der Waals surface area contributed by atoms with Gasteiger partial charge in [0.1, 0.15) is 10.9 Å². The van der Waals surface area contributed by atoms with E-state index >= 15 is 0 Å². The molecule has 106 valence electrons. The Labute approximate surface area is 124 Å². The summed E-state index contributed by atoms with van der Waals surface area (Å²) >= 11 is 1.38. The van der Waals surface area contributed by atoms with Gasteiger partial charge in [-0.2, -0.15) is 0 Å². The molecule has 3 aromatic rings. The van der Waals surface area contributed by atoms with Crippen molar-refractivity contribution in [1.29, 1.82) is 0 Å². The highest BCUT2D eigenvalue weighted by molar-refractivity contribution is 7.17. The molecule has 3 rings (SSSR count). The lowest BCUT2D eigenvalue weighted by molar-refractivity contribution is -0.140. The Morgan fingerprint density at radius 1 is 1.33 bits per heavy atom. The maximum Gasteiger partial charge on any atom is 0.326 e. The molecule has 6 heteroatoms. The molecule has 1 N–H and O–H groups in total. The van der Waals surface area contributed by atoms with E-state index < -0.39 is 12.0 Å². The van der Waals surface area contributed by atoms with E-state index in [-0.39, 0.29) is 5.56 Å². The number of thiophene rings is 1. The molecule has 2 heterocycles. The standard InChI is InChI=1S/C15H12N2O3S/c1-9(15(19)20)17-8-16-13-12(14(17)18)11(7-21-13)10-5-3-2-4-6-10/h2-9H,1H3,(H,19,20)/t9-/m1/s1. The number of hydrogen-bond acceptors (Lipinski definition) is 4. The molecule has 0 aliphatic rings. The van der Waals surface area contributed by atoms with Crippen LogP contribution in [0.4, 0.5) is 0 Å². The van der Waals surface area contributed by atoms with Gasteiger partial charge >= 0.3 is 5.97 Å². The first-order chi connectivity index (χ1) is 10.1. The van der Waals surface area contributed by atoms with Crippen LogP contribution in [0.25, 0.3) is 21.3 Å². The fourth-order valence-electron chi connectivity index (χ4n) is 2.17. The van der Waals surface area contributed by atoms with Crippen LogP contribution < -0.4 is 5.56 Å². The minimum atomic E-state index is -1.06. The molecular weight excluding hydrogens is 288 g/mol. The maximum absolute atomic E-state index is 12.6. The Kier molecular flexibility index (Phi) is 3.31.